The molecule has 1 amide bonds. The van der Waals surface area contributed by atoms with Crippen LogP contribution in [0.1, 0.15) is 19.3 Å². The van der Waals surface area contributed by atoms with Gasteiger partial charge in [-0.2, -0.15) is 0 Å². The molecule has 1 saturated heterocycles. The summed E-state index contributed by atoms with van der Waals surface area (Å²) in [5.74, 6) is -1.75. The van der Waals surface area contributed by atoms with E-state index in [4.69, 9.17) is 4.74 Å². The monoisotopic (exact) mass is 273 g/mol. The minimum absolute atomic E-state index is 0.110. The molecule has 0 aromatic rings. The Morgan fingerprint density at radius 3 is 2.37 bits per heavy atom. The summed E-state index contributed by atoms with van der Waals surface area (Å²) in [6.07, 6.45) is 0.781. The van der Waals surface area contributed by atoms with Crippen LogP contribution in [-0.4, -0.2) is 56.8 Å². The summed E-state index contributed by atoms with van der Waals surface area (Å²) >= 11 is 0. The zero-order chi connectivity index (χ0) is 14.4. The van der Waals surface area contributed by atoms with Crippen molar-refractivity contribution in [1.82, 2.24) is 4.90 Å². The van der Waals surface area contributed by atoms with Crippen LogP contribution < -0.4 is 0 Å². The molecule has 0 bridgehead atoms. The molecule has 108 valence electrons. The second-order valence-corrected chi connectivity index (χ2v) is 4.28. The minimum Gasteiger partial charge on any atom is -0.469 e. The maximum absolute atomic E-state index is 11.8. The van der Waals surface area contributed by atoms with Gasteiger partial charge in [0.05, 0.1) is 33.7 Å². The minimum atomic E-state index is -0.723. The quantitative estimate of drug-likeness (QED) is 0.550. The smallest absolute Gasteiger partial charge is 0.409 e. The van der Waals surface area contributed by atoms with Crippen molar-refractivity contribution in [3.05, 3.63) is 0 Å². The van der Waals surface area contributed by atoms with Crippen LogP contribution in [0.5, 0.6) is 0 Å². The van der Waals surface area contributed by atoms with E-state index in [1.807, 2.05) is 0 Å². The molecule has 2 unspecified atom stereocenters. The summed E-state index contributed by atoms with van der Waals surface area (Å²) in [4.78, 5) is 36.3. The van der Waals surface area contributed by atoms with Gasteiger partial charge in [0, 0.05) is 12.6 Å². The highest BCUT2D eigenvalue weighted by Crippen LogP contribution is 2.28. The van der Waals surface area contributed by atoms with Gasteiger partial charge < -0.3 is 19.1 Å². The zero-order valence-corrected chi connectivity index (χ0v) is 11.4. The molecule has 1 aliphatic heterocycles. The van der Waals surface area contributed by atoms with E-state index in [9.17, 15) is 14.4 Å². The number of ether oxygens (including phenoxy) is 3. The molecule has 1 aliphatic rings. The van der Waals surface area contributed by atoms with Gasteiger partial charge in [0.1, 0.15) is 0 Å². The average molecular weight is 273 g/mol. The number of likely N-dealkylation sites (tertiary alicyclic amines) is 1. The molecule has 0 N–H and O–H groups in total. The summed E-state index contributed by atoms with van der Waals surface area (Å²) < 4.78 is 14.0. The molecule has 7 nitrogen and oxygen atoms in total. The van der Waals surface area contributed by atoms with E-state index < -0.39 is 23.9 Å². The highest BCUT2D eigenvalue weighted by molar-refractivity contribution is 5.81. The highest BCUT2D eigenvalue weighted by atomic mass is 16.5. The first-order chi connectivity index (χ1) is 9.04. The number of hydrogen-bond acceptors (Lipinski definition) is 6. The Bertz CT molecular complexity index is 356. The molecule has 0 spiro atoms. The largest absolute Gasteiger partial charge is 0.469 e. The highest BCUT2D eigenvalue weighted by Gasteiger charge is 2.40. The van der Waals surface area contributed by atoms with Crippen molar-refractivity contribution in [2.75, 3.05) is 27.9 Å². The Kier molecular flexibility index (Phi) is 5.59. The molecule has 0 radical (unpaired) electrons. The average Bonchev–Trinajstić information content (AvgIpc) is 2.91. The van der Waals surface area contributed by atoms with E-state index in [2.05, 4.69) is 9.47 Å². The number of methoxy groups -OCH3 is 3. The van der Waals surface area contributed by atoms with Gasteiger partial charge in [0.25, 0.3) is 0 Å². The van der Waals surface area contributed by atoms with Crippen LogP contribution >= 0.6 is 0 Å². The number of carbonyl (C=O) groups excluding carboxylic acids is 3. The van der Waals surface area contributed by atoms with Crippen LogP contribution in [0.3, 0.4) is 0 Å². The molecule has 19 heavy (non-hydrogen) atoms. The number of esters is 2. The lowest BCUT2D eigenvalue weighted by Crippen LogP contribution is -2.44. The van der Waals surface area contributed by atoms with Gasteiger partial charge in [-0.25, -0.2) is 4.79 Å². The number of rotatable bonds is 4. The SMILES string of the molecule is COC(=O)CC(C(=O)OC)C1CCCN1C(=O)OC. The van der Waals surface area contributed by atoms with Gasteiger partial charge in [-0.3, -0.25) is 9.59 Å². The van der Waals surface area contributed by atoms with Crippen LogP contribution in [-0.2, 0) is 23.8 Å². The van der Waals surface area contributed by atoms with E-state index in [0.29, 0.717) is 13.0 Å². The predicted molar refractivity (Wildman–Crippen MR) is 64.3 cm³/mol. The van der Waals surface area contributed by atoms with Crippen molar-refractivity contribution < 1.29 is 28.6 Å². The standard InChI is InChI=1S/C12H19NO6/c1-17-10(14)7-8(11(15)18-2)9-5-4-6-13(9)12(16)19-3/h8-9H,4-7H2,1-3H3. The number of nitrogens with zero attached hydrogens (tertiary/aromatic N) is 1. The fourth-order valence-electron chi connectivity index (χ4n) is 2.35. The van der Waals surface area contributed by atoms with E-state index >= 15 is 0 Å². The molecule has 1 rings (SSSR count). The van der Waals surface area contributed by atoms with E-state index in [0.717, 1.165) is 6.42 Å². The summed E-state index contributed by atoms with van der Waals surface area (Å²) in [6, 6.07) is -0.390. The topological polar surface area (TPSA) is 82.1 Å². The second-order valence-electron chi connectivity index (χ2n) is 4.28. The van der Waals surface area contributed by atoms with Gasteiger partial charge in [0.2, 0.25) is 0 Å². The molecule has 0 aromatic carbocycles. The molecule has 2 atom stereocenters. The molecular formula is C12H19NO6. The van der Waals surface area contributed by atoms with Crippen molar-refractivity contribution >= 4 is 18.0 Å². The molecule has 1 fully saturated rings. The number of carbonyl (C=O) groups is 3. The summed E-state index contributed by atoms with van der Waals surface area (Å²) in [7, 11) is 3.79. The first kappa shape index (κ1) is 15.3. The fraction of sp³-hybridized carbons (Fsp3) is 0.750. The Morgan fingerprint density at radius 2 is 1.84 bits per heavy atom. The summed E-state index contributed by atoms with van der Waals surface area (Å²) in [6.45, 7) is 0.506. The predicted octanol–water partition coefficient (Wildman–Crippen LogP) is 0.569. The summed E-state index contributed by atoms with van der Waals surface area (Å²) in [5.41, 5.74) is 0. The summed E-state index contributed by atoms with van der Waals surface area (Å²) in [5, 5.41) is 0. The first-order valence-electron chi connectivity index (χ1n) is 6.04. The Hall–Kier alpha value is -1.79. The van der Waals surface area contributed by atoms with Gasteiger partial charge in [-0.1, -0.05) is 0 Å². The fourth-order valence-corrected chi connectivity index (χ4v) is 2.35. The Morgan fingerprint density at radius 1 is 1.16 bits per heavy atom. The molecule has 0 aliphatic carbocycles. The molecule has 7 heteroatoms. The maximum Gasteiger partial charge on any atom is 0.409 e. The lowest BCUT2D eigenvalue weighted by atomic mass is 9.94. The normalized spacial score (nSPS) is 19.7. The van der Waals surface area contributed by atoms with Crippen LogP contribution in [0.15, 0.2) is 0 Å². The lowest BCUT2D eigenvalue weighted by molar-refractivity contribution is -0.154. The van der Waals surface area contributed by atoms with Crippen molar-refractivity contribution in [3.8, 4) is 0 Å². The number of amides is 1. The van der Waals surface area contributed by atoms with E-state index in [1.54, 1.807) is 0 Å². The van der Waals surface area contributed by atoms with Crippen LogP contribution in [0, 0.1) is 5.92 Å². The van der Waals surface area contributed by atoms with Crippen molar-refractivity contribution in [2.45, 2.75) is 25.3 Å². The third-order valence-corrected chi connectivity index (χ3v) is 3.29. The molecule has 0 aromatic heterocycles. The van der Waals surface area contributed by atoms with Gasteiger partial charge in [-0.15, -0.1) is 0 Å². The third kappa shape index (κ3) is 3.59. The van der Waals surface area contributed by atoms with Gasteiger partial charge in [-0.05, 0) is 12.8 Å². The second kappa shape index (κ2) is 6.96. The maximum atomic E-state index is 11.8. The van der Waals surface area contributed by atoms with Gasteiger partial charge >= 0.3 is 18.0 Å². The molecule has 0 saturated carbocycles. The van der Waals surface area contributed by atoms with Crippen molar-refractivity contribution in [1.29, 1.82) is 0 Å². The molecule has 1 heterocycles. The third-order valence-electron chi connectivity index (χ3n) is 3.29. The van der Waals surface area contributed by atoms with Crippen LogP contribution in [0.25, 0.3) is 0 Å². The zero-order valence-electron chi connectivity index (χ0n) is 11.4. The van der Waals surface area contributed by atoms with Crippen molar-refractivity contribution in [2.24, 2.45) is 5.92 Å². The Labute approximate surface area is 111 Å². The first-order valence-corrected chi connectivity index (χ1v) is 6.04. The Balaban J connectivity index is 2.86. The van der Waals surface area contributed by atoms with Crippen LogP contribution in [0.4, 0.5) is 4.79 Å². The lowest BCUT2D eigenvalue weighted by Gasteiger charge is -2.28. The van der Waals surface area contributed by atoms with Crippen molar-refractivity contribution in [3.63, 3.8) is 0 Å². The number of hydrogen-bond donors (Lipinski definition) is 0. The van der Waals surface area contributed by atoms with E-state index in [1.165, 1.54) is 26.2 Å². The van der Waals surface area contributed by atoms with Gasteiger partial charge in [0.15, 0.2) is 0 Å². The molecular weight excluding hydrogens is 254 g/mol. The van der Waals surface area contributed by atoms with Crippen LogP contribution in [0.2, 0.25) is 0 Å². The van der Waals surface area contributed by atoms with E-state index in [-0.39, 0.29) is 12.5 Å².